The molecule has 1 unspecified atom stereocenters. The van der Waals surface area contributed by atoms with Gasteiger partial charge in [0, 0.05) is 53.2 Å². The van der Waals surface area contributed by atoms with Crippen LogP contribution < -0.4 is 10.9 Å². The molecule has 0 bridgehead atoms. The van der Waals surface area contributed by atoms with E-state index in [-0.39, 0.29) is 24.1 Å². The predicted molar refractivity (Wildman–Crippen MR) is 128 cm³/mol. The summed E-state index contributed by atoms with van der Waals surface area (Å²) >= 11 is 6.34. The zero-order valence-electron chi connectivity index (χ0n) is 19.0. The molecule has 32 heavy (non-hydrogen) atoms. The second kappa shape index (κ2) is 9.12. The summed E-state index contributed by atoms with van der Waals surface area (Å²) in [4.78, 5) is 28.5. The molecule has 3 aromatic rings. The SMILES string of the molecule is Cc1cc(C)c(CNC(=O)c2c(C)n(C(C)C3CCOCC3)c3cc(Cl)ccc23)c(=O)[nH]1. The van der Waals surface area contributed by atoms with Crippen molar-refractivity contribution >= 4 is 28.4 Å². The molecule has 2 aromatic heterocycles. The normalized spacial score (nSPS) is 15.8. The van der Waals surface area contributed by atoms with E-state index in [0.29, 0.717) is 22.1 Å². The van der Waals surface area contributed by atoms with Gasteiger partial charge in [-0.1, -0.05) is 17.7 Å². The number of amides is 1. The number of carbonyl (C=O) groups excluding carboxylic acids is 1. The van der Waals surface area contributed by atoms with Gasteiger partial charge < -0.3 is 19.6 Å². The largest absolute Gasteiger partial charge is 0.381 e. The second-order valence-electron chi connectivity index (χ2n) is 8.81. The zero-order valence-corrected chi connectivity index (χ0v) is 19.8. The minimum absolute atomic E-state index is 0.165. The third kappa shape index (κ3) is 4.21. The molecule has 1 amide bonds. The van der Waals surface area contributed by atoms with Gasteiger partial charge in [0.25, 0.3) is 11.5 Å². The minimum atomic E-state index is -0.188. The fourth-order valence-electron chi connectivity index (χ4n) is 4.99. The first-order valence-electron chi connectivity index (χ1n) is 11.1. The van der Waals surface area contributed by atoms with Crippen molar-refractivity contribution in [1.29, 1.82) is 0 Å². The number of hydrogen-bond acceptors (Lipinski definition) is 3. The van der Waals surface area contributed by atoms with Gasteiger partial charge in [0.1, 0.15) is 0 Å². The molecular formula is C25H30ClN3O3. The van der Waals surface area contributed by atoms with E-state index in [4.69, 9.17) is 16.3 Å². The molecule has 1 aliphatic rings. The molecule has 0 radical (unpaired) electrons. The lowest BCUT2D eigenvalue weighted by Gasteiger charge is -2.30. The summed E-state index contributed by atoms with van der Waals surface area (Å²) in [6, 6.07) is 7.79. The molecule has 1 aliphatic heterocycles. The minimum Gasteiger partial charge on any atom is -0.381 e. The summed E-state index contributed by atoms with van der Waals surface area (Å²) in [5.41, 5.74) is 4.59. The van der Waals surface area contributed by atoms with Crippen LogP contribution in [-0.2, 0) is 11.3 Å². The summed E-state index contributed by atoms with van der Waals surface area (Å²) in [5, 5.41) is 4.49. The number of ether oxygens (including phenoxy) is 1. The number of benzene rings is 1. The number of carbonyl (C=O) groups is 1. The Labute approximate surface area is 192 Å². The van der Waals surface area contributed by atoms with Crippen LogP contribution in [0.5, 0.6) is 0 Å². The van der Waals surface area contributed by atoms with Gasteiger partial charge in [-0.05, 0) is 70.2 Å². The Morgan fingerprint density at radius 2 is 1.97 bits per heavy atom. The molecule has 2 N–H and O–H groups in total. The Balaban J connectivity index is 1.70. The quantitative estimate of drug-likeness (QED) is 0.578. The first-order chi connectivity index (χ1) is 15.3. The number of aromatic amines is 1. The molecule has 0 spiro atoms. The molecule has 7 heteroatoms. The van der Waals surface area contributed by atoms with Crippen LogP contribution in [0, 0.1) is 26.7 Å². The lowest BCUT2D eigenvalue weighted by molar-refractivity contribution is 0.0517. The van der Waals surface area contributed by atoms with Gasteiger partial charge in [0.15, 0.2) is 0 Å². The Morgan fingerprint density at radius 1 is 1.25 bits per heavy atom. The maximum Gasteiger partial charge on any atom is 0.254 e. The average molecular weight is 456 g/mol. The standard InChI is InChI=1S/C25H30ClN3O3/c1-14-11-15(2)28-24(30)21(14)13-27-25(31)23-17(4)29(16(3)18-7-9-32-10-8-18)22-12-19(26)5-6-20(22)23/h5-6,11-12,16,18H,7-10,13H2,1-4H3,(H,27,31)(H,28,30). The predicted octanol–water partition coefficient (Wildman–Crippen LogP) is 4.83. The van der Waals surface area contributed by atoms with E-state index in [0.717, 1.165) is 53.9 Å². The number of fused-ring (bicyclic) bond motifs is 1. The summed E-state index contributed by atoms with van der Waals surface area (Å²) < 4.78 is 7.79. The van der Waals surface area contributed by atoms with Crippen molar-refractivity contribution in [3.05, 3.63) is 67.7 Å². The molecule has 1 saturated heterocycles. The number of aryl methyl sites for hydroxylation is 2. The van der Waals surface area contributed by atoms with Gasteiger partial charge in [-0.2, -0.15) is 0 Å². The van der Waals surface area contributed by atoms with Crippen molar-refractivity contribution in [2.45, 2.75) is 53.1 Å². The van der Waals surface area contributed by atoms with Crippen LogP contribution in [0.25, 0.3) is 10.9 Å². The van der Waals surface area contributed by atoms with Crippen LogP contribution in [0.2, 0.25) is 5.02 Å². The van der Waals surface area contributed by atoms with E-state index in [1.165, 1.54) is 0 Å². The smallest absolute Gasteiger partial charge is 0.254 e. The van der Waals surface area contributed by atoms with Crippen molar-refractivity contribution in [2.24, 2.45) is 5.92 Å². The molecular weight excluding hydrogens is 426 g/mol. The van der Waals surface area contributed by atoms with E-state index >= 15 is 0 Å². The topological polar surface area (TPSA) is 76.1 Å². The highest BCUT2D eigenvalue weighted by molar-refractivity contribution is 6.31. The Hall–Kier alpha value is -2.57. The first-order valence-corrected chi connectivity index (χ1v) is 11.5. The van der Waals surface area contributed by atoms with Crippen molar-refractivity contribution in [3.63, 3.8) is 0 Å². The molecule has 1 aromatic carbocycles. The van der Waals surface area contributed by atoms with Gasteiger partial charge in [0.05, 0.1) is 11.1 Å². The monoisotopic (exact) mass is 455 g/mol. The number of pyridine rings is 1. The first kappa shape index (κ1) is 22.6. The lowest BCUT2D eigenvalue weighted by atomic mass is 9.92. The van der Waals surface area contributed by atoms with Gasteiger partial charge in [-0.15, -0.1) is 0 Å². The fourth-order valence-corrected chi connectivity index (χ4v) is 5.16. The zero-order chi connectivity index (χ0) is 23.0. The van der Waals surface area contributed by atoms with E-state index in [2.05, 4.69) is 21.8 Å². The number of aromatic nitrogens is 2. The second-order valence-corrected chi connectivity index (χ2v) is 9.24. The third-order valence-electron chi connectivity index (χ3n) is 6.71. The molecule has 3 heterocycles. The van der Waals surface area contributed by atoms with Crippen LogP contribution in [0.15, 0.2) is 29.1 Å². The maximum absolute atomic E-state index is 13.3. The third-order valence-corrected chi connectivity index (χ3v) is 6.95. The Bertz CT molecular complexity index is 1220. The summed E-state index contributed by atoms with van der Waals surface area (Å²) in [5.74, 6) is 0.286. The molecule has 6 nitrogen and oxygen atoms in total. The Morgan fingerprint density at radius 3 is 2.66 bits per heavy atom. The van der Waals surface area contributed by atoms with Crippen LogP contribution in [0.3, 0.4) is 0 Å². The highest BCUT2D eigenvalue weighted by atomic mass is 35.5. The van der Waals surface area contributed by atoms with Gasteiger partial charge in [0.2, 0.25) is 0 Å². The number of halogens is 1. The molecule has 0 saturated carbocycles. The van der Waals surface area contributed by atoms with Crippen LogP contribution in [0.4, 0.5) is 0 Å². The van der Waals surface area contributed by atoms with E-state index in [1.54, 1.807) is 0 Å². The number of nitrogens with zero attached hydrogens (tertiary/aromatic N) is 1. The Kier molecular flexibility index (Phi) is 6.45. The van der Waals surface area contributed by atoms with Crippen LogP contribution in [-0.4, -0.2) is 28.7 Å². The van der Waals surface area contributed by atoms with Crippen molar-refractivity contribution in [1.82, 2.24) is 14.9 Å². The van der Waals surface area contributed by atoms with Gasteiger partial charge >= 0.3 is 0 Å². The number of hydrogen-bond donors (Lipinski definition) is 2. The fraction of sp³-hybridized carbons (Fsp3) is 0.440. The highest BCUT2D eigenvalue weighted by Gasteiger charge is 2.28. The summed E-state index contributed by atoms with van der Waals surface area (Å²) in [6.07, 6.45) is 2.00. The van der Waals surface area contributed by atoms with Gasteiger partial charge in [-0.3, -0.25) is 9.59 Å². The van der Waals surface area contributed by atoms with Crippen molar-refractivity contribution in [3.8, 4) is 0 Å². The summed E-state index contributed by atoms with van der Waals surface area (Å²) in [6.45, 7) is 9.65. The number of nitrogens with one attached hydrogen (secondary N) is 2. The number of rotatable bonds is 5. The molecule has 170 valence electrons. The molecule has 1 fully saturated rings. The summed E-state index contributed by atoms with van der Waals surface area (Å²) in [7, 11) is 0. The molecule has 1 atom stereocenters. The van der Waals surface area contributed by atoms with E-state index in [9.17, 15) is 9.59 Å². The number of H-pyrrole nitrogens is 1. The highest BCUT2D eigenvalue weighted by Crippen LogP contribution is 2.36. The van der Waals surface area contributed by atoms with Crippen LogP contribution >= 0.6 is 11.6 Å². The van der Waals surface area contributed by atoms with Crippen molar-refractivity contribution < 1.29 is 9.53 Å². The molecule has 0 aliphatic carbocycles. The van der Waals surface area contributed by atoms with Crippen LogP contribution in [0.1, 0.15) is 58.7 Å². The van der Waals surface area contributed by atoms with Gasteiger partial charge in [-0.25, -0.2) is 0 Å². The maximum atomic E-state index is 13.3. The van der Waals surface area contributed by atoms with E-state index in [1.807, 2.05) is 45.0 Å². The van der Waals surface area contributed by atoms with Crippen molar-refractivity contribution in [2.75, 3.05) is 13.2 Å². The van der Waals surface area contributed by atoms with E-state index < -0.39 is 0 Å². The molecule has 4 rings (SSSR count). The average Bonchev–Trinajstić information content (AvgIpc) is 3.03. The lowest BCUT2D eigenvalue weighted by Crippen LogP contribution is -2.28.